The summed E-state index contributed by atoms with van der Waals surface area (Å²) in [7, 11) is 0. The smallest absolute Gasteiger partial charge is 0.0672 e. The number of hydrogen-bond donors (Lipinski definition) is 1. The summed E-state index contributed by atoms with van der Waals surface area (Å²) in [5.41, 5.74) is 1.30. The number of hydrogen-bond acceptors (Lipinski definition) is 2. The van der Waals surface area contributed by atoms with E-state index in [4.69, 9.17) is 16.3 Å². The standard InChI is InChI=1S/C12H16ClNO.ClH/c1-9-7-14-12(8-15-9)6-10-2-4-11(13)5-3-10;/h2-5,9,12,14H,6-8H2,1H3;1H/t9-,12-;/m0./s1. The second-order valence-electron chi connectivity index (χ2n) is 4.08. The monoisotopic (exact) mass is 261 g/mol. The Bertz CT molecular complexity index is 307. The maximum Gasteiger partial charge on any atom is 0.0672 e. The minimum absolute atomic E-state index is 0. The van der Waals surface area contributed by atoms with Gasteiger partial charge in [0.15, 0.2) is 0 Å². The quantitative estimate of drug-likeness (QED) is 0.884. The van der Waals surface area contributed by atoms with Crippen LogP contribution in [-0.2, 0) is 11.2 Å². The lowest BCUT2D eigenvalue weighted by molar-refractivity contribution is 0.0155. The van der Waals surface area contributed by atoms with Gasteiger partial charge in [-0.25, -0.2) is 0 Å². The molecule has 90 valence electrons. The molecule has 0 unspecified atom stereocenters. The largest absolute Gasteiger partial charge is 0.376 e. The maximum atomic E-state index is 5.83. The first-order valence-corrected chi connectivity index (χ1v) is 5.71. The molecule has 0 bridgehead atoms. The molecule has 1 aromatic rings. The van der Waals surface area contributed by atoms with Crippen molar-refractivity contribution >= 4 is 24.0 Å². The van der Waals surface area contributed by atoms with Gasteiger partial charge in [0.1, 0.15) is 0 Å². The maximum absolute atomic E-state index is 5.83. The molecule has 0 saturated carbocycles. The van der Waals surface area contributed by atoms with Crippen molar-refractivity contribution in [1.29, 1.82) is 0 Å². The van der Waals surface area contributed by atoms with Crippen molar-refractivity contribution in [1.82, 2.24) is 5.32 Å². The second-order valence-corrected chi connectivity index (χ2v) is 4.52. The molecule has 1 aromatic carbocycles. The molecule has 1 aliphatic heterocycles. The molecule has 2 atom stereocenters. The normalized spacial score (nSPS) is 24.9. The molecule has 0 aliphatic carbocycles. The molecule has 1 N–H and O–H groups in total. The fraction of sp³-hybridized carbons (Fsp3) is 0.500. The van der Waals surface area contributed by atoms with Gasteiger partial charge in [-0.05, 0) is 31.0 Å². The van der Waals surface area contributed by atoms with E-state index in [-0.39, 0.29) is 12.4 Å². The van der Waals surface area contributed by atoms with E-state index < -0.39 is 0 Å². The first kappa shape index (κ1) is 13.8. The van der Waals surface area contributed by atoms with Crippen LogP contribution in [0.3, 0.4) is 0 Å². The van der Waals surface area contributed by atoms with Gasteiger partial charge >= 0.3 is 0 Å². The third-order valence-corrected chi connectivity index (χ3v) is 2.92. The average molecular weight is 262 g/mol. The average Bonchev–Trinajstić information content (AvgIpc) is 2.25. The number of ether oxygens (including phenoxy) is 1. The molecule has 0 spiro atoms. The van der Waals surface area contributed by atoms with E-state index in [1.54, 1.807) is 0 Å². The summed E-state index contributed by atoms with van der Waals surface area (Å²) in [6, 6.07) is 8.44. The zero-order chi connectivity index (χ0) is 10.7. The summed E-state index contributed by atoms with van der Waals surface area (Å²) in [6.45, 7) is 3.83. The number of halogens is 2. The Labute approximate surface area is 108 Å². The summed E-state index contributed by atoms with van der Waals surface area (Å²) in [4.78, 5) is 0. The zero-order valence-corrected chi connectivity index (χ0v) is 10.9. The van der Waals surface area contributed by atoms with E-state index in [1.807, 2.05) is 12.1 Å². The van der Waals surface area contributed by atoms with Crippen molar-refractivity contribution in [3.63, 3.8) is 0 Å². The lowest BCUT2D eigenvalue weighted by Crippen LogP contribution is -2.46. The van der Waals surface area contributed by atoms with Gasteiger partial charge in [0.05, 0.1) is 12.7 Å². The van der Waals surface area contributed by atoms with Crippen LogP contribution in [0, 0.1) is 0 Å². The number of nitrogens with one attached hydrogen (secondary N) is 1. The van der Waals surface area contributed by atoms with Gasteiger partial charge in [-0.1, -0.05) is 23.7 Å². The van der Waals surface area contributed by atoms with Gasteiger partial charge in [0, 0.05) is 17.6 Å². The van der Waals surface area contributed by atoms with Crippen molar-refractivity contribution < 1.29 is 4.74 Å². The Morgan fingerprint density at radius 3 is 2.62 bits per heavy atom. The van der Waals surface area contributed by atoms with E-state index in [1.165, 1.54) is 5.56 Å². The van der Waals surface area contributed by atoms with Gasteiger partial charge in [-0.3, -0.25) is 0 Å². The highest BCUT2D eigenvalue weighted by molar-refractivity contribution is 6.30. The van der Waals surface area contributed by atoms with Crippen molar-refractivity contribution in [2.75, 3.05) is 13.2 Å². The minimum atomic E-state index is 0. The van der Waals surface area contributed by atoms with Crippen LogP contribution in [0.2, 0.25) is 5.02 Å². The lowest BCUT2D eigenvalue weighted by atomic mass is 10.1. The number of benzene rings is 1. The van der Waals surface area contributed by atoms with Crippen LogP contribution in [0.25, 0.3) is 0 Å². The van der Waals surface area contributed by atoms with Crippen LogP contribution < -0.4 is 5.32 Å². The van der Waals surface area contributed by atoms with E-state index in [2.05, 4.69) is 24.4 Å². The molecule has 0 radical (unpaired) electrons. The van der Waals surface area contributed by atoms with Crippen molar-refractivity contribution in [3.05, 3.63) is 34.9 Å². The topological polar surface area (TPSA) is 21.3 Å². The van der Waals surface area contributed by atoms with E-state index in [9.17, 15) is 0 Å². The van der Waals surface area contributed by atoms with Gasteiger partial charge < -0.3 is 10.1 Å². The fourth-order valence-corrected chi connectivity index (χ4v) is 1.89. The number of rotatable bonds is 2. The highest BCUT2D eigenvalue weighted by Gasteiger charge is 2.17. The summed E-state index contributed by atoms with van der Waals surface area (Å²) >= 11 is 5.83. The molecule has 0 aromatic heterocycles. The highest BCUT2D eigenvalue weighted by atomic mass is 35.5. The van der Waals surface area contributed by atoms with Crippen molar-refractivity contribution in [2.24, 2.45) is 0 Å². The van der Waals surface area contributed by atoms with Crippen LogP contribution in [0.4, 0.5) is 0 Å². The third kappa shape index (κ3) is 3.95. The molecule has 0 amide bonds. The van der Waals surface area contributed by atoms with Crippen LogP contribution in [0.15, 0.2) is 24.3 Å². The second kappa shape index (κ2) is 6.45. The Kier molecular flexibility index (Phi) is 5.56. The molecule has 1 aliphatic rings. The van der Waals surface area contributed by atoms with Crippen LogP contribution in [-0.4, -0.2) is 25.3 Å². The molecule has 1 saturated heterocycles. The van der Waals surface area contributed by atoms with E-state index >= 15 is 0 Å². The van der Waals surface area contributed by atoms with E-state index in [0.29, 0.717) is 12.1 Å². The minimum Gasteiger partial charge on any atom is -0.376 e. The molecular weight excluding hydrogens is 245 g/mol. The fourth-order valence-electron chi connectivity index (χ4n) is 1.77. The Hall–Kier alpha value is -0.280. The molecule has 2 rings (SSSR count). The highest BCUT2D eigenvalue weighted by Crippen LogP contribution is 2.12. The SMILES string of the molecule is C[C@H]1CN[C@@H](Cc2ccc(Cl)cc2)CO1.Cl. The van der Waals surface area contributed by atoms with Crippen molar-refractivity contribution in [3.8, 4) is 0 Å². The van der Waals surface area contributed by atoms with Crippen LogP contribution >= 0.6 is 24.0 Å². The van der Waals surface area contributed by atoms with Gasteiger partial charge in [0.2, 0.25) is 0 Å². The molecule has 4 heteroatoms. The van der Waals surface area contributed by atoms with E-state index in [0.717, 1.165) is 24.6 Å². The summed E-state index contributed by atoms with van der Waals surface area (Å²) < 4.78 is 5.60. The zero-order valence-electron chi connectivity index (χ0n) is 9.28. The summed E-state index contributed by atoms with van der Waals surface area (Å²) in [5.74, 6) is 0. The summed E-state index contributed by atoms with van der Waals surface area (Å²) in [5, 5.41) is 4.27. The summed E-state index contributed by atoms with van der Waals surface area (Å²) in [6.07, 6.45) is 1.34. The van der Waals surface area contributed by atoms with Crippen LogP contribution in [0.5, 0.6) is 0 Å². The predicted molar refractivity (Wildman–Crippen MR) is 69.6 cm³/mol. The molecule has 2 nitrogen and oxygen atoms in total. The van der Waals surface area contributed by atoms with Gasteiger partial charge in [0.25, 0.3) is 0 Å². The van der Waals surface area contributed by atoms with Gasteiger partial charge in [-0.2, -0.15) is 0 Å². The first-order valence-electron chi connectivity index (χ1n) is 5.33. The molecular formula is C12H17Cl2NO. The molecule has 16 heavy (non-hydrogen) atoms. The Morgan fingerprint density at radius 1 is 1.38 bits per heavy atom. The Morgan fingerprint density at radius 2 is 2.06 bits per heavy atom. The van der Waals surface area contributed by atoms with Crippen molar-refractivity contribution in [2.45, 2.75) is 25.5 Å². The number of morpholine rings is 1. The molecule has 1 fully saturated rings. The van der Waals surface area contributed by atoms with Crippen LogP contribution in [0.1, 0.15) is 12.5 Å². The first-order chi connectivity index (χ1) is 7.24. The lowest BCUT2D eigenvalue weighted by Gasteiger charge is -2.28. The Balaban J connectivity index is 0.00000128. The van der Waals surface area contributed by atoms with Gasteiger partial charge in [-0.15, -0.1) is 12.4 Å². The predicted octanol–water partition coefficient (Wildman–Crippen LogP) is 2.68. The third-order valence-electron chi connectivity index (χ3n) is 2.67. The molecule has 1 heterocycles.